The molecule has 1 aliphatic heterocycles. The van der Waals surface area contributed by atoms with Gasteiger partial charge >= 0.3 is 0 Å². The normalized spacial score (nSPS) is 20.2. The Labute approximate surface area is 122 Å². The highest BCUT2D eigenvalue weighted by Crippen LogP contribution is 2.38. The van der Waals surface area contributed by atoms with Crippen molar-refractivity contribution in [2.75, 3.05) is 0 Å². The first-order valence-electron chi connectivity index (χ1n) is 6.81. The zero-order valence-corrected chi connectivity index (χ0v) is 11.3. The number of hydrogen-bond acceptors (Lipinski definition) is 3. The van der Waals surface area contributed by atoms with Crippen LogP contribution in [0.5, 0.6) is 5.75 Å². The average molecular weight is 275 g/mol. The van der Waals surface area contributed by atoms with Crippen LogP contribution in [-0.4, -0.2) is 6.21 Å². The molecule has 0 bridgehead atoms. The van der Waals surface area contributed by atoms with E-state index in [1.165, 1.54) is 0 Å². The highest BCUT2D eigenvalue weighted by molar-refractivity contribution is 5.86. The molecule has 21 heavy (non-hydrogen) atoms. The molecule has 3 heteroatoms. The number of hydrogen-bond donors (Lipinski definition) is 0. The van der Waals surface area contributed by atoms with Gasteiger partial charge in [0.15, 0.2) is 5.76 Å². The van der Waals surface area contributed by atoms with E-state index in [-0.39, 0.29) is 0 Å². The van der Waals surface area contributed by atoms with Gasteiger partial charge in [-0.3, -0.25) is 0 Å². The number of allylic oxidation sites excluding steroid dienone is 1. The lowest BCUT2D eigenvalue weighted by molar-refractivity contribution is 0.108. The van der Waals surface area contributed by atoms with Crippen molar-refractivity contribution in [3.63, 3.8) is 0 Å². The fourth-order valence-corrected chi connectivity index (χ4v) is 2.55. The van der Waals surface area contributed by atoms with Crippen LogP contribution in [0.1, 0.15) is 5.76 Å². The Bertz CT molecular complexity index is 819. The van der Waals surface area contributed by atoms with Crippen LogP contribution in [-0.2, 0) is 5.72 Å². The molecule has 0 saturated carbocycles. The third-order valence-corrected chi connectivity index (χ3v) is 3.53. The summed E-state index contributed by atoms with van der Waals surface area (Å²) in [5.74, 6) is 1.45. The molecule has 0 N–H and O–H groups in total. The first-order valence-corrected chi connectivity index (χ1v) is 6.81. The summed E-state index contributed by atoms with van der Waals surface area (Å²) in [6, 6.07) is 17.7. The van der Waals surface area contributed by atoms with E-state index in [9.17, 15) is 0 Å². The minimum absolute atomic E-state index is 0.701. The maximum Gasteiger partial charge on any atom is 0.278 e. The summed E-state index contributed by atoms with van der Waals surface area (Å²) in [4.78, 5) is 4.50. The van der Waals surface area contributed by atoms with Gasteiger partial charge in [0.25, 0.3) is 5.72 Å². The van der Waals surface area contributed by atoms with Crippen LogP contribution in [0.2, 0.25) is 0 Å². The highest BCUT2D eigenvalue weighted by atomic mass is 16.5. The maximum absolute atomic E-state index is 6.14. The SMILES string of the molecule is C1=CC(Oc2ccccc2)(c2occ3ccccc23)N=C1. The van der Waals surface area contributed by atoms with Crippen LogP contribution in [0.25, 0.3) is 10.8 Å². The molecule has 2 heterocycles. The monoisotopic (exact) mass is 275 g/mol. The van der Waals surface area contributed by atoms with Crippen LogP contribution in [0.4, 0.5) is 0 Å². The van der Waals surface area contributed by atoms with E-state index in [0.29, 0.717) is 5.76 Å². The summed E-state index contributed by atoms with van der Waals surface area (Å²) in [5.41, 5.74) is -0.926. The molecule has 3 nitrogen and oxygen atoms in total. The Morgan fingerprint density at radius 3 is 2.57 bits per heavy atom. The first-order chi connectivity index (χ1) is 10.4. The molecule has 0 radical (unpaired) electrons. The molecule has 4 rings (SSSR count). The van der Waals surface area contributed by atoms with E-state index >= 15 is 0 Å². The van der Waals surface area contributed by atoms with E-state index < -0.39 is 5.72 Å². The second-order valence-electron chi connectivity index (χ2n) is 4.90. The lowest BCUT2D eigenvalue weighted by atomic mass is 10.1. The largest absolute Gasteiger partial charge is 0.461 e. The predicted molar refractivity (Wildman–Crippen MR) is 82.6 cm³/mol. The number of ether oxygens (including phenoxy) is 1. The van der Waals surface area contributed by atoms with Crippen LogP contribution >= 0.6 is 0 Å². The molecule has 1 aliphatic rings. The molecule has 1 aromatic heterocycles. The van der Waals surface area contributed by atoms with Gasteiger partial charge in [-0.1, -0.05) is 42.5 Å². The topological polar surface area (TPSA) is 34.7 Å². The van der Waals surface area contributed by atoms with Crippen molar-refractivity contribution in [1.29, 1.82) is 0 Å². The van der Waals surface area contributed by atoms with Gasteiger partial charge in [-0.25, -0.2) is 4.99 Å². The zero-order chi connectivity index (χ0) is 14.1. The van der Waals surface area contributed by atoms with Crippen molar-refractivity contribution in [2.24, 2.45) is 4.99 Å². The van der Waals surface area contributed by atoms with Gasteiger partial charge in [-0.05, 0) is 24.3 Å². The Hall–Kier alpha value is -2.81. The molecule has 0 saturated heterocycles. The van der Waals surface area contributed by atoms with E-state index in [4.69, 9.17) is 9.15 Å². The van der Waals surface area contributed by atoms with Gasteiger partial charge in [0.05, 0.1) is 6.26 Å². The number of benzene rings is 2. The Kier molecular flexibility index (Phi) is 2.64. The lowest BCUT2D eigenvalue weighted by Crippen LogP contribution is -2.26. The van der Waals surface area contributed by atoms with Gasteiger partial charge in [-0.15, -0.1) is 0 Å². The summed E-state index contributed by atoms with van der Waals surface area (Å²) in [6.07, 6.45) is 7.26. The highest BCUT2D eigenvalue weighted by Gasteiger charge is 2.37. The zero-order valence-electron chi connectivity index (χ0n) is 11.3. The van der Waals surface area contributed by atoms with E-state index in [1.807, 2.05) is 66.7 Å². The Morgan fingerprint density at radius 2 is 1.76 bits per heavy atom. The molecule has 0 spiro atoms. The summed E-state index contributed by atoms with van der Waals surface area (Å²) >= 11 is 0. The van der Waals surface area contributed by atoms with Crippen molar-refractivity contribution < 1.29 is 9.15 Å². The second kappa shape index (κ2) is 4.63. The molecule has 0 aliphatic carbocycles. The summed E-state index contributed by atoms with van der Waals surface area (Å²) in [7, 11) is 0. The molecule has 1 atom stereocenters. The molecular formula is C18H13NO2. The third-order valence-electron chi connectivity index (χ3n) is 3.53. The van der Waals surface area contributed by atoms with Crippen LogP contribution < -0.4 is 4.74 Å². The Balaban J connectivity index is 1.85. The van der Waals surface area contributed by atoms with Gasteiger partial charge < -0.3 is 9.15 Å². The van der Waals surface area contributed by atoms with E-state index in [2.05, 4.69) is 4.99 Å². The standard InChI is InChI=1S/C18H13NO2/c1-2-8-15(9-3-1)21-18(11-6-12-19-18)17-16-10-5-4-7-14(16)13-20-17/h1-13H. The number of nitrogens with zero attached hydrogens (tertiary/aromatic N) is 1. The number of fused-ring (bicyclic) bond motifs is 1. The minimum Gasteiger partial charge on any atom is -0.461 e. The van der Waals surface area contributed by atoms with Gasteiger partial charge in [0, 0.05) is 17.0 Å². The second-order valence-corrected chi connectivity index (χ2v) is 4.90. The van der Waals surface area contributed by atoms with Crippen molar-refractivity contribution >= 4 is 17.0 Å². The summed E-state index contributed by atoms with van der Waals surface area (Å²) in [5, 5.41) is 2.05. The van der Waals surface area contributed by atoms with E-state index in [0.717, 1.165) is 16.5 Å². The summed E-state index contributed by atoms with van der Waals surface area (Å²) in [6.45, 7) is 0. The number of rotatable bonds is 3. The molecule has 102 valence electrons. The molecule has 0 fully saturated rings. The average Bonchev–Trinajstić information content (AvgIpc) is 3.15. The third kappa shape index (κ3) is 1.94. The van der Waals surface area contributed by atoms with Gasteiger partial charge in [0.1, 0.15) is 5.75 Å². The van der Waals surface area contributed by atoms with Gasteiger partial charge in [0.2, 0.25) is 0 Å². The molecule has 1 unspecified atom stereocenters. The molecule has 0 amide bonds. The molecular weight excluding hydrogens is 262 g/mol. The van der Waals surface area contributed by atoms with Crippen LogP contribution in [0.3, 0.4) is 0 Å². The number of para-hydroxylation sites is 1. The fourth-order valence-electron chi connectivity index (χ4n) is 2.55. The van der Waals surface area contributed by atoms with Crippen molar-refractivity contribution in [3.05, 3.63) is 78.8 Å². The summed E-state index contributed by atoms with van der Waals surface area (Å²) < 4.78 is 11.9. The van der Waals surface area contributed by atoms with Crippen LogP contribution in [0.15, 0.2) is 82.4 Å². The predicted octanol–water partition coefficient (Wildman–Crippen LogP) is 4.31. The molecule has 2 aromatic carbocycles. The van der Waals surface area contributed by atoms with Crippen molar-refractivity contribution in [1.82, 2.24) is 0 Å². The number of furan rings is 1. The fraction of sp³-hybridized carbons (Fsp3) is 0.0556. The number of aliphatic imine (C=N–C) groups is 1. The first kappa shape index (κ1) is 12.0. The Morgan fingerprint density at radius 1 is 0.952 bits per heavy atom. The van der Waals surface area contributed by atoms with Gasteiger partial charge in [-0.2, -0.15) is 0 Å². The smallest absolute Gasteiger partial charge is 0.278 e. The van der Waals surface area contributed by atoms with Crippen molar-refractivity contribution in [2.45, 2.75) is 5.72 Å². The maximum atomic E-state index is 6.14. The van der Waals surface area contributed by atoms with E-state index in [1.54, 1.807) is 12.5 Å². The lowest BCUT2D eigenvalue weighted by Gasteiger charge is -2.24. The van der Waals surface area contributed by atoms with Crippen LogP contribution in [0, 0.1) is 0 Å². The molecule has 3 aromatic rings. The minimum atomic E-state index is -0.926. The van der Waals surface area contributed by atoms with Crippen molar-refractivity contribution in [3.8, 4) is 5.75 Å². The quantitative estimate of drug-likeness (QED) is 0.714.